The van der Waals surface area contributed by atoms with E-state index in [9.17, 15) is 18.0 Å². The van der Waals surface area contributed by atoms with E-state index in [4.69, 9.17) is 5.11 Å². The van der Waals surface area contributed by atoms with Crippen LogP contribution in [0, 0.1) is 9.52 Å². The first kappa shape index (κ1) is 12.2. The van der Waals surface area contributed by atoms with Crippen LogP contribution in [0.2, 0.25) is 0 Å². The lowest BCUT2D eigenvalue weighted by Gasteiger charge is -2.05. The molecule has 1 N–H and O–H groups in total. The predicted octanol–water partition coefficient (Wildman–Crippen LogP) is 2.39. The summed E-state index contributed by atoms with van der Waals surface area (Å²) in [6, 6.07) is 0.979. The number of hydrogen-bond donors (Lipinski definition) is 1. The first-order chi connectivity index (χ1) is 6.91. The molecule has 0 atom stereocenters. The van der Waals surface area contributed by atoms with Gasteiger partial charge in [-0.05, 0) is 28.7 Å². The highest BCUT2D eigenvalue weighted by Gasteiger charge is 2.17. The van der Waals surface area contributed by atoms with E-state index < -0.39 is 30.5 Å². The van der Waals surface area contributed by atoms with Crippen molar-refractivity contribution < 1.29 is 23.1 Å². The summed E-state index contributed by atoms with van der Waals surface area (Å²) in [5.74, 6) is -2.39. The van der Waals surface area contributed by atoms with Crippen LogP contribution in [0.1, 0.15) is 17.7 Å². The summed E-state index contributed by atoms with van der Waals surface area (Å²) in [6.07, 6.45) is -3.44. The van der Waals surface area contributed by atoms with Gasteiger partial charge in [0.25, 0.3) is 6.43 Å². The molecule has 0 aliphatic carbocycles. The summed E-state index contributed by atoms with van der Waals surface area (Å²) in [4.78, 5) is 13.3. The van der Waals surface area contributed by atoms with Gasteiger partial charge in [0.15, 0.2) is 0 Å². The molecule has 15 heavy (non-hydrogen) atoms. The Hall–Kier alpha value is -0.860. The molecule has 1 heterocycles. The molecule has 7 heteroatoms. The topological polar surface area (TPSA) is 50.2 Å². The van der Waals surface area contributed by atoms with Gasteiger partial charge in [0.2, 0.25) is 5.95 Å². The van der Waals surface area contributed by atoms with Crippen molar-refractivity contribution in [1.29, 1.82) is 0 Å². The van der Waals surface area contributed by atoms with Gasteiger partial charge in [0.1, 0.15) is 5.69 Å². The number of alkyl halides is 2. The van der Waals surface area contributed by atoms with Crippen LogP contribution in [-0.4, -0.2) is 16.1 Å². The van der Waals surface area contributed by atoms with Gasteiger partial charge < -0.3 is 5.11 Å². The van der Waals surface area contributed by atoms with Gasteiger partial charge in [-0.2, -0.15) is 4.39 Å². The molecular formula is C8H5F3INO2. The number of carbonyl (C=O) groups is 1. The number of aromatic nitrogens is 1. The number of pyridine rings is 1. The number of halogens is 4. The van der Waals surface area contributed by atoms with Crippen molar-refractivity contribution in [2.45, 2.75) is 12.8 Å². The first-order valence-corrected chi connectivity index (χ1v) is 4.84. The monoisotopic (exact) mass is 331 g/mol. The zero-order valence-electron chi connectivity index (χ0n) is 7.18. The lowest BCUT2D eigenvalue weighted by molar-refractivity contribution is -0.136. The number of carboxylic acid groups (broad SMARTS) is 1. The van der Waals surface area contributed by atoms with Crippen molar-refractivity contribution >= 4 is 28.6 Å². The first-order valence-electron chi connectivity index (χ1n) is 3.76. The van der Waals surface area contributed by atoms with Crippen molar-refractivity contribution in [3.05, 3.63) is 26.8 Å². The largest absolute Gasteiger partial charge is 0.481 e. The second-order valence-corrected chi connectivity index (χ2v) is 3.83. The quantitative estimate of drug-likeness (QED) is 0.684. The highest BCUT2D eigenvalue weighted by molar-refractivity contribution is 14.1. The summed E-state index contributed by atoms with van der Waals surface area (Å²) in [5, 5.41) is 8.45. The van der Waals surface area contributed by atoms with Crippen molar-refractivity contribution in [2.75, 3.05) is 0 Å². The Labute approximate surface area is 96.5 Å². The molecule has 1 rings (SSSR count). The predicted molar refractivity (Wildman–Crippen MR) is 53.2 cm³/mol. The van der Waals surface area contributed by atoms with E-state index in [1.54, 1.807) is 22.6 Å². The SMILES string of the molecule is O=C(O)Cc1c(I)cc(C(F)F)nc1F. The van der Waals surface area contributed by atoms with Gasteiger partial charge in [0.05, 0.1) is 6.42 Å². The van der Waals surface area contributed by atoms with E-state index in [0.717, 1.165) is 6.07 Å². The van der Waals surface area contributed by atoms with Crippen molar-refractivity contribution in [3.63, 3.8) is 0 Å². The van der Waals surface area contributed by atoms with Crippen LogP contribution in [0.25, 0.3) is 0 Å². The third-order valence-corrected chi connectivity index (χ3v) is 2.55. The molecule has 0 radical (unpaired) electrons. The van der Waals surface area contributed by atoms with E-state index in [1.165, 1.54) is 0 Å². The van der Waals surface area contributed by atoms with Crippen LogP contribution < -0.4 is 0 Å². The zero-order valence-corrected chi connectivity index (χ0v) is 9.33. The minimum absolute atomic E-state index is 0.137. The molecule has 0 bridgehead atoms. The fourth-order valence-electron chi connectivity index (χ4n) is 0.949. The molecule has 0 spiro atoms. The van der Waals surface area contributed by atoms with Crippen LogP contribution in [0.5, 0.6) is 0 Å². The minimum atomic E-state index is -2.87. The van der Waals surface area contributed by atoms with Crippen LogP contribution in [0.3, 0.4) is 0 Å². The summed E-state index contributed by atoms with van der Waals surface area (Å²) in [6.45, 7) is 0. The van der Waals surface area contributed by atoms with E-state index >= 15 is 0 Å². The van der Waals surface area contributed by atoms with Gasteiger partial charge in [-0.3, -0.25) is 4.79 Å². The fourth-order valence-corrected chi connectivity index (χ4v) is 1.68. The highest BCUT2D eigenvalue weighted by atomic mass is 127. The molecule has 0 aliphatic rings. The maximum absolute atomic E-state index is 13.1. The molecular weight excluding hydrogens is 326 g/mol. The Morgan fingerprint density at radius 3 is 2.60 bits per heavy atom. The molecule has 0 saturated heterocycles. The lowest BCUT2D eigenvalue weighted by Crippen LogP contribution is -2.08. The number of hydrogen-bond acceptors (Lipinski definition) is 2. The number of aliphatic carboxylic acids is 1. The molecule has 0 unspecified atom stereocenters. The molecule has 82 valence electrons. The minimum Gasteiger partial charge on any atom is -0.481 e. The smallest absolute Gasteiger partial charge is 0.308 e. The van der Waals surface area contributed by atoms with Crippen LogP contribution >= 0.6 is 22.6 Å². The van der Waals surface area contributed by atoms with Gasteiger partial charge in [-0.25, -0.2) is 13.8 Å². The van der Waals surface area contributed by atoms with Gasteiger partial charge in [0, 0.05) is 9.13 Å². The van der Waals surface area contributed by atoms with Crippen molar-refractivity contribution in [3.8, 4) is 0 Å². The lowest BCUT2D eigenvalue weighted by atomic mass is 10.2. The fraction of sp³-hybridized carbons (Fsp3) is 0.250. The zero-order chi connectivity index (χ0) is 11.6. The van der Waals surface area contributed by atoms with E-state index in [2.05, 4.69) is 4.98 Å². The molecule has 0 aliphatic heterocycles. The van der Waals surface area contributed by atoms with Crippen molar-refractivity contribution in [2.24, 2.45) is 0 Å². The second-order valence-electron chi connectivity index (χ2n) is 2.67. The molecule has 0 saturated carbocycles. The van der Waals surface area contributed by atoms with Gasteiger partial charge in [-0.15, -0.1) is 0 Å². The number of carboxylic acids is 1. The number of nitrogens with zero attached hydrogens (tertiary/aromatic N) is 1. The maximum Gasteiger partial charge on any atom is 0.308 e. The van der Waals surface area contributed by atoms with Crippen molar-refractivity contribution in [1.82, 2.24) is 4.98 Å². The van der Waals surface area contributed by atoms with Gasteiger partial charge >= 0.3 is 5.97 Å². The average Bonchev–Trinajstić information content (AvgIpc) is 2.10. The Balaban J connectivity index is 3.15. The van der Waals surface area contributed by atoms with Crippen LogP contribution in [0.4, 0.5) is 13.2 Å². The van der Waals surface area contributed by atoms with Crippen LogP contribution in [0.15, 0.2) is 6.07 Å². The number of rotatable bonds is 3. The van der Waals surface area contributed by atoms with Crippen LogP contribution in [-0.2, 0) is 11.2 Å². The Kier molecular flexibility index (Phi) is 3.89. The third-order valence-electron chi connectivity index (χ3n) is 1.59. The molecule has 1 aromatic heterocycles. The normalized spacial score (nSPS) is 10.7. The molecule has 3 nitrogen and oxygen atoms in total. The van der Waals surface area contributed by atoms with E-state index in [-0.39, 0.29) is 9.13 Å². The average molecular weight is 331 g/mol. The van der Waals surface area contributed by atoms with E-state index in [0.29, 0.717) is 0 Å². The maximum atomic E-state index is 13.1. The summed E-state index contributed by atoms with van der Waals surface area (Å²) in [7, 11) is 0. The molecule has 0 aromatic carbocycles. The summed E-state index contributed by atoms with van der Waals surface area (Å²) >= 11 is 1.60. The molecule has 0 amide bonds. The standard InChI is InChI=1S/C8H5F3INO2/c9-7(10)5-2-4(12)3(1-6(14)15)8(11)13-5/h2,7H,1H2,(H,14,15). The van der Waals surface area contributed by atoms with E-state index in [1.807, 2.05) is 0 Å². The molecule has 1 aromatic rings. The second kappa shape index (κ2) is 4.77. The highest BCUT2D eigenvalue weighted by Crippen LogP contribution is 2.23. The Morgan fingerprint density at radius 2 is 2.20 bits per heavy atom. The summed E-state index contributed by atoms with van der Waals surface area (Å²) in [5.41, 5.74) is -0.862. The Bertz CT molecular complexity index is 374. The molecule has 0 fully saturated rings. The Morgan fingerprint density at radius 1 is 1.60 bits per heavy atom. The third kappa shape index (κ3) is 3.05. The van der Waals surface area contributed by atoms with Gasteiger partial charge in [-0.1, -0.05) is 0 Å². The summed E-state index contributed by atoms with van der Waals surface area (Å²) < 4.78 is 37.6.